The van der Waals surface area contributed by atoms with E-state index in [9.17, 15) is 4.39 Å². The highest BCUT2D eigenvalue weighted by Crippen LogP contribution is 2.17. The van der Waals surface area contributed by atoms with E-state index >= 15 is 0 Å². The van der Waals surface area contributed by atoms with E-state index in [4.69, 9.17) is 0 Å². The van der Waals surface area contributed by atoms with Gasteiger partial charge in [-0.1, -0.05) is 18.2 Å². The topological polar surface area (TPSA) is 50.2 Å². The number of nitrogens with one attached hydrogen (secondary N) is 1. The van der Waals surface area contributed by atoms with E-state index < -0.39 is 0 Å². The average Bonchev–Trinajstić information content (AvgIpc) is 2.44. The summed E-state index contributed by atoms with van der Waals surface area (Å²) in [4.78, 5) is 8.69. The van der Waals surface area contributed by atoms with E-state index in [1.807, 2.05) is 13.8 Å². The van der Waals surface area contributed by atoms with Crippen molar-refractivity contribution in [1.82, 2.24) is 9.97 Å². The number of hydrazone groups is 1. The third-order valence-electron chi connectivity index (χ3n) is 2.93. The Labute approximate surface area is 123 Å². The van der Waals surface area contributed by atoms with Gasteiger partial charge in [0, 0.05) is 11.3 Å². The quantitative estimate of drug-likeness (QED) is 0.520. The molecule has 0 unspecified atom stereocenters. The predicted octanol–water partition coefficient (Wildman–Crippen LogP) is 3.41. The zero-order chi connectivity index (χ0) is 15.2. The first-order valence-electron chi connectivity index (χ1n) is 6.60. The Morgan fingerprint density at radius 3 is 2.62 bits per heavy atom. The van der Waals surface area contributed by atoms with Gasteiger partial charge in [0.15, 0.2) is 5.82 Å². The molecule has 1 aromatic carbocycles. The zero-order valence-corrected chi connectivity index (χ0v) is 12.1. The Morgan fingerprint density at radius 1 is 1.24 bits per heavy atom. The van der Waals surface area contributed by atoms with Crippen molar-refractivity contribution in [3.8, 4) is 0 Å². The second-order valence-electron chi connectivity index (χ2n) is 4.60. The average molecular weight is 284 g/mol. The first kappa shape index (κ1) is 14.8. The minimum absolute atomic E-state index is 0.268. The van der Waals surface area contributed by atoms with Gasteiger partial charge in [0.25, 0.3) is 0 Å². The van der Waals surface area contributed by atoms with Crippen LogP contribution >= 0.6 is 0 Å². The van der Waals surface area contributed by atoms with Crippen molar-refractivity contribution in [1.29, 1.82) is 0 Å². The fraction of sp³-hybridized carbons (Fsp3) is 0.188. The summed E-state index contributed by atoms with van der Waals surface area (Å²) < 4.78 is 12.8. The summed E-state index contributed by atoms with van der Waals surface area (Å²) >= 11 is 0. The number of aromatic nitrogens is 2. The number of nitrogens with zero attached hydrogens (tertiary/aromatic N) is 3. The summed E-state index contributed by atoms with van der Waals surface area (Å²) in [6.07, 6.45) is 4.08. The lowest BCUT2D eigenvalue weighted by atomic mass is 10.1. The molecule has 1 heterocycles. The van der Waals surface area contributed by atoms with E-state index in [0.29, 0.717) is 18.1 Å². The number of aryl methyl sites for hydroxylation is 2. The maximum absolute atomic E-state index is 12.8. The molecule has 0 spiro atoms. The zero-order valence-electron chi connectivity index (χ0n) is 12.1. The molecule has 0 bridgehead atoms. The molecule has 0 fully saturated rings. The molecule has 0 saturated heterocycles. The molecule has 0 saturated carbocycles. The second-order valence-corrected chi connectivity index (χ2v) is 4.60. The molecule has 5 heteroatoms. The molecular weight excluding hydrogens is 267 g/mol. The third-order valence-corrected chi connectivity index (χ3v) is 2.93. The minimum atomic E-state index is -0.268. The van der Waals surface area contributed by atoms with Crippen molar-refractivity contribution in [2.24, 2.45) is 5.10 Å². The highest BCUT2D eigenvalue weighted by atomic mass is 19.1. The maximum atomic E-state index is 12.8. The normalized spacial score (nSPS) is 10.8. The van der Waals surface area contributed by atoms with E-state index in [0.717, 1.165) is 16.8 Å². The number of benzene rings is 1. The molecule has 1 aromatic heterocycles. The van der Waals surface area contributed by atoms with Crippen LogP contribution in [-0.4, -0.2) is 16.2 Å². The standard InChI is InChI=1S/C16H17FN4/c1-4-5-15-11(2)19-12(3)20-16(15)21-18-10-13-6-8-14(17)9-7-13/h4,6-10H,1,5H2,2-3H3,(H,19,20,21). The Morgan fingerprint density at radius 2 is 1.95 bits per heavy atom. The summed E-state index contributed by atoms with van der Waals surface area (Å²) in [6, 6.07) is 6.09. The van der Waals surface area contributed by atoms with E-state index in [-0.39, 0.29) is 5.82 Å². The number of hydrogen-bond acceptors (Lipinski definition) is 4. The highest BCUT2D eigenvalue weighted by Gasteiger charge is 2.08. The van der Waals surface area contributed by atoms with Crippen LogP contribution in [-0.2, 0) is 6.42 Å². The summed E-state index contributed by atoms with van der Waals surface area (Å²) in [5, 5.41) is 4.14. The van der Waals surface area contributed by atoms with E-state index in [1.54, 1.807) is 24.4 Å². The van der Waals surface area contributed by atoms with Crippen LogP contribution in [0.5, 0.6) is 0 Å². The summed E-state index contributed by atoms with van der Waals surface area (Å²) in [7, 11) is 0. The summed E-state index contributed by atoms with van der Waals surface area (Å²) in [5.41, 5.74) is 5.59. The molecule has 0 aliphatic carbocycles. The third kappa shape index (κ3) is 3.95. The van der Waals surface area contributed by atoms with Gasteiger partial charge < -0.3 is 0 Å². The molecule has 4 nitrogen and oxygen atoms in total. The predicted molar refractivity (Wildman–Crippen MR) is 83.0 cm³/mol. The van der Waals surface area contributed by atoms with Gasteiger partial charge >= 0.3 is 0 Å². The number of hydrogen-bond donors (Lipinski definition) is 1. The smallest absolute Gasteiger partial charge is 0.153 e. The van der Waals surface area contributed by atoms with Gasteiger partial charge in [0.05, 0.1) is 6.21 Å². The molecule has 0 aliphatic heterocycles. The first-order chi connectivity index (χ1) is 10.1. The maximum Gasteiger partial charge on any atom is 0.153 e. The Balaban J connectivity index is 2.18. The van der Waals surface area contributed by atoms with Crippen LogP contribution < -0.4 is 5.43 Å². The van der Waals surface area contributed by atoms with Crippen molar-refractivity contribution in [3.05, 3.63) is 65.4 Å². The second kappa shape index (κ2) is 6.74. The lowest BCUT2D eigenvalue weighted by molar-refractivity contribution is 0.628. The van der Waals surface area contributed by atoms with Gasteiger partial charge in [-0.15, -0.1) is 6.58 Å². The van der Waals surface area contributed by atoms with Crippen LogP contribution in [0, 0.1) is 19.7 Å². The molecule has 0 atom stereocenters. The van der Waals surface area contributed by atoms with Gasteiger partial charge in [-0.3, -0.25) is 5.43 Å². The minimum Gasteiger partial charge on any atom is -0.261 e. The fourth-order valence-corrected chi connectivity index (χ4v) is 1.93. The van der Waals surface area contributed by atoms with Crippen LogP contribution in [0.2, 0.25) is 0 Å². The molecule has 2 aromatic rings. The lowest BCUT2D eigenvalue weighted by Crippen LogP contribution is -2.05. The van der Waals surface area contributed by atoms with Crippen LogP contribution in [0.15, 0.2) is 42.0 Å². The molecule has 21 heavy (non-hydrogen) atoms. The SMILES string of the molecule is C=CCc1c(C)nc(C)nc1NN=Cc1ccc(F)cc1. The first-order valence-corrected chi connectivity index (χ1v) is 6.60. The van der Waals surface area contributed by atoms with Crippen molar-refractivity contribution >= 4 is 12.0 Å². The largest absolute Gasteiger partial charge is 0.261 e. The van der Waals surface area contributed by atoms with Gasteiger partial charge in [-0.25, -0.2) is 14.4 Å². The Hall–Kier alpha value is -2.56. The van der Waals surface area contributed by atoms with E-state index in [1.165, 1.54) is 12.1 Å². The number of allylic oxidation sites excluding steroid dienone is 1. The molecule has 108 valence electrons. The lowest BCUT2D eigenvalue weighted by Gasteiger charge is -2.09. The molecule has 0 aliphatic rings. The molecular formula is C16H17FN4. The van der Waals surface area contributed by atoms with Crippen LogP contribution in [0.3, 0.4) is 0 Å². The van der Waals surface area contributed by atoms with Crippen LogP contribution in [0.1, 0.15) is 22.6 Å². The molecule has 1 N–H and O–H groups in total. The van der Waals surface area contributed by atoms with Gasteiger partial charge in [-0.2, -0.15) is 5.10 Å². The monoisotopic (exact) mass is 284 g/mol. The van der Waals surface area contributed by atoms with Crippen molar-refractivity contribution < 1.29 is 4.39 Å². The molecule has 0 amide bonds. The van der Waals surface area contributed by atoms with E-state index in [2.05, 4.69) is 27.1 Å². The summed E-state index contributed by atoms with van der Waals surface area (Å²) in [6.45, 7) is 7.51. The van der Waals surface area contributed by atoms with Crippen molar-refractivity contribution in [2.45, 2.75) is 20.3 Å². The number of rotatable bonds is 5. The molecule has 0 radical (unpaired) electrons. The molecule has 2 rings (SSSR count). The van der Waals surface area contributed by atoms with Crippen LogP contribution in [0.25, 0.3) is 0 Å². The number of anilines is 1. The van der Waals surface area contributed by atoms with Gasteiger partial charge in [-0.05, 0) is 38.0 Å². The number of halogens is 1. The summed E-state index contributed by atoms with van der Waals surface area (Å²) in [5.74, 6) is 1.08. The van der Waals surface area contributed by atoms with Gasteiger partial charge in [0.1, 0.15) is 11.6 Å². The van der Waals surface area contributed by atoms with Crippen molar-refractivity contribution in [3.63, 3.8) is 0 Å². The van der Waals surface area contributed by atoms with Gasteiger partial charge in [0.2, 0.25) is 0 Å². The fourth-order valence-electron chi connectivity index (χ4n) is 1.93. The van der Waals surface area contributed by atoms with Crippen molar-refractivity contribution in [2.75, 3.05) is 5.43 Å². The highest BCUT2D eigenvalue weighted by molar-refractivity contribution is 5.80. The van der Waals surface area contributed by atoms with Crippen LogP contribution in [0.4, 0.5) is 10.2 Å². The Kier molecular flexibility index (Phi) is 4.77. The Bertz CT molecular complexity index is 663.